The van der Waals surface area contributed by atoms with Gasteiger partial charge in [-0.25, -0.2) is 8.42 Å². The van der Waals surface area contributed by atoms with E-state index in [0.717, 1.165) is 43.6 Å². The molecule has 3 aromatic rings. The van der Waals surface area contributed by atoms with Crippen molar-refractivity contribution in [3.05, 3.63) is 65.3 Å². The molecule has 2 aromatic heterocycles. The molecule has 1 unspecified atom stereocenters. The lowest BCUT2D eigenvalue weighted by molar-refractivity contribution is -0.136. The molecule has 2 aliphatic heterocycles. The number of carbonyl (C=O) groups excluding carboxylic acids is 2. The number of fused-ring (bicyclic) bond motifs is 1. The summed E-state index contributed by atoms with van der Waals surface area (Å²) in [6.45, 7) is 2.60. The fourth-order valence-electron chi connectivity index (χ4n) is 5.14. The SMILES string of the molecule is Cn1cccc1C(CNC(=O)C(=O)Nc1ccc2c(c1)N(S(=O)(=O)c1cccs1)CCC2)N1CCCC1. The first-order chi connectivity index (χ1) is 17.8. The van der Waals surface area contributed by atoms with Crippen LogP contribution in [0.3, 0.4) is 0 Å². The number of anilines is 2. The zero-order chi connectivity index (χ0) is 26.0. The number of nitrogens with one attached hydrogen (secondary N) is 2. The number of likely N-dealkylation sites (tertiary alicyclic amines) is 1. The monoisotopic (exact) mass is 541 g/mol. The number of aromatic nitrogens is 1. The van der Waals surface area contributed by atoms with Gasteiger partial charge in [0.1, 0.15) is 4.21 Å². The molecule has 0 spiro atoms. The second-order valence-electron chi connectivity index (χ2n) is 9.42. The van der Waals surface area contributed by atoms with Crippen LogP contribution in [-0.2, 0) is 33.1 Å². The first-order valence-electron chi connectivity index (χ1n) is 12.5. The molecule has 1 atom stereocenters. The van der Waals surface area contributed by atoms with E-state index in [4.69, 9.17) is 0 Å². The van der Waals surface area contributed by atoms with Crippen LogP contribution in [0, 0.1) is 0 Å². The summed E-state index contributed by atoms with van der Waals surface area (Å²) in [5.74, 6) is -1.50. The van der Waals surface area contributed by atoms with Crippen molar-refractivity contribution in [1.29, 1.82) is 0 Å². The number of nitrogens with zero attached hydrogens (tertiary/aromatic N) is 3. The maximum absolute atomic E-state index is 13.2. The molecule has 196 valence electrons. The minimum absolute atomic E-state index is 0.0148. The first kappa shape index (κ1) is 25.5. The normalized spacial score (nSPS) is 16.8. The highest BCUT2D eigenvalue weighted by molar-refractivity contribution is 7.94. The van der Waals surface area contributed by atoms with Gasteiger partial charge in [-0.3, -0.25) is 18.8 Å². The van der Waals surface area contributed by atoms with Crippen LogP contribution in [0.1, 0.15) is 36.6 Å². The number of aryl methyl sites for hydroxylation is 2. The summed E-state index contributed by atoms with van der Waals surface area (Å²) in [7, 11) is -1.71. The van der Waals surface area contributed by atoms with Gasteiger partial charge in [0.05, 0.1) is 11.7 Å². The summed E-state index contributed by atoms with van der Waals surface area (Å²) in [5.41, 5.74) is 2.90. The molecule has 5 rings (SSSR count). The molecule has 2 N–H and O–H groups in total. The third-order valence-corrected chi connectivity index (χ3v) is 10.2. The third-order valence-electron chi connectivity index (χ3n) is 7.03. The number of carbonyl (C=O) groups is 2. The van der Waals surface area contributed by atoms with Crippen molar-refractivity contribution in [2.45, 2.75) is 35.9 Å². The maximum atomic E-state index is 13.2. The first-order valence-corrected chi connectivity index (χ1v) is 14.8. The maximum Gasteiger partial charge on any atom is 0.313 e. The van der Waals surface area contributed by atoms with Crippen LogP contribution < -0.4 is 14.9 Å². The van der Waals surface area contributed by atoms with E-state index in [2.05, 4.69) is 15.5 Å². The van der Waals surface area contributed by atoms with Crippen LogP contribution >= 0.6 is 11.3 Å². The summed E-state index contributed by atoms with van der Waals surface area (Å²) in [4.78, 5) is 27.8. The van der Waals surface area contributed by atoms with E-state index in [-0.39, 0.29) is 10.3 Å². The van der Waals surface area contributed by atoms with Crippen LogP contribution in [0.4, 0.5) is 11.4 Å². The Morgan fingerprint density at radius 2 is 1.84 bits per heavy atom. The van der Waals surface area contributed by atoms with Crippen molar-refractivity contribution in [3.63, 3.8) is 0 Å². The number of rotatable bonds is 7. The summed E-state index contributed by atoms with van der Waals surface area (Å²) in [5, 5.41) is 7.18. The second-order valence-corrected chi connectivity index (χ2v) is 12.5. The predicted molar refractivity (Wildman–Crippen MR) is 144 cm³/mol. The summed E-state index contributed by atoms with van der Waals surface area (Å²) in [6.07, 6.45) is 5.67. The van der Waals surface area contributed by atoms with Crippen molar-refractivity contribution < 1.29 is 18.0 Å². The molecule has 0 bridgehead atoms. The molecule has 4 heterocycles. The standard InChI is InChI=1S/C26H31N5O4S2/c1-29-12-5-8-21(29)23(30-13-2-3-14-30)18-27-25(32)26(33)28-20-11-10-19-7-4-15-31(22(19)17-20)37(34,35)24-9-6-16-36-24/h5-6,8-12,16-17,23H,2-4,7,13-15,18H2,1H3,(H,27,32)(H,28,33). The number of thiophene rings is 1. The number of sulfonamides is 1. The molecule has 11 heteroatoms. The molecular weight excluding hydrogens is 510 g/mol. The third kappa shape index (κ3) is 5.29. The largest absolute Gasteiger partial charge is 0.353 e. The number of amides is 2. The Bertz CT molecular complexity index is 1380. The molecule has 0 saturated carbocycles. The van der Waals surface area contributed by atoms with Gasteiger partial charge in [0.25, 0.3) is 10.0 Å². The minimum atomic E-state index is -3.69. The molecule has 2 aliphatic rings. The molecule has 1 saturated heterocycles. The van der Waals surface area contributed by atoms with Gasteiger partial charge in [0.2, 0.25) is 0 Å². The topological polar surface area (TPSA) is 104 Å². The van der Waals surface area contributed by atoms with E-state index in [0.29, 0.717) is 30.9 Å². The van der Waals surface area contributed by atoms with E-state index < -0.39 is 21.8 Å². The zero-order valence-electron chi connectivity index (χ0n) is 20.7. The van der Waals surface area contributed by atoms with E-state index in [9.17, 15) is 18.0 Å². The second kappa shape index (κ2) is 10.7. The van der Waals surface area contributed by atoms with E-state index in [1.165, 1.54) is 15.6 Å². The molecular formula is C26H31N5O4S2. The highest BCUT2D eigenvalue weighted by Crippen LogP contribution is 2.35. The van der Waals surface area contributed by atoms with Gasteiger partial charge >= 0.3 is 11.8 Å². The van der Waals surface area contributed by atoms with Crippen molar-refractivity contribution in [3.8, 4) is 0 Å². The molecule has 1 fully saturated rings. The average molecular weight is 542 g/mol. The van der Waals surface area contributed by atoms with E-state index in [1.54, 1.807) is 29.6 Å². The Balaban J connectivity index is 1.28. The zero-order valence-corrected chi connectivity index (χ0v) is 22.4. The predicted octanol–water partition coefficient (Wildman–Crippen LogP) is 3.12. The Morgan fingerprint density at radius 3 is 2.54 bits per heavy atom. The van der Waals surface area contributed by atoms with Gasteiger partial charge in [0, 0.05) is 37.7 Å². The van der Waals surface area contributed by atoms with Crippen LogP contribution in [-0.4, -0.2) is 55.9 Å². The Labute approximate surface area is 221 Å². The molecule has 0 radical (unpaired) electrons. The van der Waals surface area contributed by atoms with Crippen LogP contribution in [0.15, 0.2) is 58.3 Å². The molecule has 0 aliphatic carbocycles. The molecule has 2 amide bonds. The van der Waals surface area contributed by atoms with Gasteiger partial charge in [-0.1, -0.05) is 12.1 Å². The fraction of sp³-hybridized carbons (Fsp3) is 0.385. The lowest BCUT2D eigenvalue weighted by Crippen LogP contribution is -2.42. The van der Waals surface area contributed by atoms with Crippen molar-refractivity contribution in [1.82, 2.24) is 14.8 Å². The van der Waals surface area contributed by atoms with Gasteiger partial charge in [-0.2, -0.15) is 0 Å². The molecule has 1 aromatic carbocycles. The summed E-state index contributed by atoms with van der Waals surface area (Å²) < 4.78 is 30.1. The minimum Gasteiger partial charge on any atom is -0.353 e. The summed E-state index contributed by atoms with van der Waals surface area (Å²) in [6, 6.07) is 12.5. The number of hydrogen-bond donors (Lipinski definition) is 2. The highest BCUT2D eigenvalue weighted by Gasteiger charge is 2.31. The lowest BCUT2D eigenvalue weighted by Gasteiger charge is -2.30. The van der Waals surface area contributed by atoms with Gasteiger partial charge < -0.3 is 15.2 Å². The van der Waals surface area contributed by atoms with Crippen molar-refractivity contribution >= 4 is 44.5 Å². The number of hydrogen-bond acceptors (Lipinski definition) is 6. The lowest BCUT2D eigenvalue weighted by atomic mass is 10.0. The molecule has 37 heavy (non-hydrogen) atoms. The van der Waals surface area contributed by atoms with Crippen LogP contribution in [0.2, 0.25) is 0 Å². The van der Waals surface area contributed by atoms with Crippen molar-refractivity contribution in [2.24, 2.45) is 7.05 Å². The average Bonchev–Trinajstić information content (AvgIpc) is 3.68. The van der Waals surface area contributed by atoms with Gasteiger partial charge in [-0.05, 0) is 80.0 Å². The fourth-order valence-corrected chi connectivity index (χ4v) is 7.78. The van der Waals surface area contributed by atoms with Crippen LogP contribution in [0.5, 0.6) is 0 Å². The van der Waals surface area contributed by atoms with Gasteiger partial charge in [0.15, 0.2) is 0 Å². The highest BCUT2D eigenvalue weighted by atomic mass is 32.2. The Morgan fingerprint density at radius 1 is 1.03 bits per heavy atom. The van der Waals surface area contributed by atoms with E-state index in [1.807, 2.05) is 36.0 Å². The quantitative estimate of drug-likeness (QED) is 0.448. The van der Waals surface area contributed by atoms with E-state index >= 15 is 0 Å². The van der Waals surface area contributed by atoms with Crippen LogP contribution in [0.25, 0.3) is 0 Å². The molecule has 9 nitrogen and oxygen atoms in total. The van der Waals surface area contributed by atoms with Gasteiger partial charge in [-0.15, -0.1) is 11.3 Å². The Hall–Kier alpha value is -3.15. The smallest absolute Gasteiger partial charge is 0.313 e. The summed E-state index contributed by atoms with van der Waals surface area (Å²) >= 11 is 1.18. The Kier molecular flexibility index (Phi) is 7.36. The number of benzene rings is 1. The van der Waals surface area contributed by atoms with Crippen molar-refractivity contribution in [2.75, 3.05) is 35.8 Å².